The summed E-state index contributed by atoms with van der Waals surface area (Å²) in [6.45, 7) is 5.06. The number of anilines is 1. The Morgan fingerprint density at radius 1 is 1.50 bits per heavy atom. The molecule has 1 atom stereocenters. The normalized spacial score (nSPS) is 12.2. The first kappa shape index (κ1) is 14.5. The Hall–Kier alpha value is -1.55. The second-order valence-electron chi connectivity index (χ2n) is 4.42. The predicted molar refractivity (Wildman–Crippen MR) is 71.8 cm³/mol. The molecule has 1 amide bonds. The summed E-state index contributed by atoms with van der Waals surface area (Å²) in [6.07, 6.45) is 0.442. The highest BCUT2D eigenvalue weighted by Gasteiger charge is 2.17. The number of carbonyl (C=O) groups is 1. The maximum absolute atomic E-state index is 12.2. The minimum atomic E-state index is 0.0488. The van der Waals surface area contributed by atoms with Crippen molar-refractivity contribution in [2.24, 2.45) is 5.92 Å². The van der Waals surface area contributed by atoms with Crippen molar-refractivity contribution in [3.05, 3.63) is 24.3 Å². The lowest BCUT2D eigenvalue weighted by atomic mass is 10.1. The fourth-order valence-electron chi connectivity index (χ4n) is 1.92. The smallest absolute Gasteiger partial charge is 0.227 e. The molecule has 0 aliphatic carbocycles. The van der Waals surface area contributed by atoms with E-state index in [1.54, 1.807) is 30.2 Å². The molecule has 0 bridgehead atoms. The van der Waals surface area contributed by atoms with Crippen LogP contribution in [0, 0.1) is 5.92 Å². The lowest BCUT2D eigenvalue weighted by Crippen LogP contribution is -2.32. The molecule has 1 aromatic rings. The topological polar surface area (TPSA) is 49.8 Å². The Kier molecular flexibility index (Phi) is 5.65. The third-order valence-corrected chi connectivity index (χ3v) is 2.73. The van der Waals surface area contributed by atoms with E-state index in [1.807, 2.05) is 19.9 Å². The van der Waals surface area contributed by atoms with Crippen LogP contribution in [0.4, 0.5) is 5.69 Å². The van der Waals surface area contributed by atoms with E-state index in [1.165, 1.54) is 0 Å². The van der Waals surface area contributed by atoms with Crippen LogP contribution in [0.5, 0.6) is 5.75 Å². The second-order valence-corrected chi connectivity index (χ2v) is 4.42. The quantitative estimate of drug-likeness (QED) is 0.844. The Balaban J connectivity index is 2.74. The van der Waals surface area contributed by atoms with Crippen LogP contribution >= 0.6 is 0 Å². The molecule has 1 unspecified atom stereocenters. The number of hydrogen-bond acceptors (Lipinski definition) is 3. The number of phenolic OH excluding ortho intramolecular Hbond substituents is 1. The summed E-state index contributed by atoms with van der Waals surface area (Å²) in [7, 11) is 1.63. The third-order valence-electron chi connectivity index (χ3n) is 2.73. The number of ether oxygens (including phenoxy) is 1. The number of hydrogen-bond donors (Lipinski definition) is 1. The molecule has 0 saturated carbocycles. The summed E-state index contributed by atoms with van der Waals surface area (Å²) in [5, 5.41) is 9.45. The van der Waals surface area contributed by atoms with Crippen molar-refractivity contribution in [3.8, 4) is 5.75 Å². The summed E-state index contributed by atoms with van der Waals surface area (Å²) in [6, 6.07) is 6.75. The van der Waals surface area contributed by atoms with Gasteiger partial charge in [0.25, 0.3) is 0 Å². The minimum Gasteiger partial charge on any atom is -0.508 e. The van der Waals surface area contributed by atoms with Gasteiger partial charge >= 0.3 is 0 Å². The minimum absolute atomic E-state index is 0.0488. The van der Waals surface area contributed by atoms with Crippen LogP contribution in [0.15, 0.2) is 24.3 Å². The summed E-state index contributed by atoms with van der Waals surface area (Å²) < 4.78 is 5.03. The van der Waals surface area contributed by atoms with E-state index in [4.69, 9.17) is 4.74 Å². The van der Waals surface area contributed by atoms with E-state index in [9.17, 15) is 9.90 Å². The van der Waals surface area contributed by atoms with Gasteiger partial charge in [-0.05, 0) is 25.0 Å². The van der Waals surface area contributed by atoms with Gasteiger partial charge in [-0.25, -0.2) is 0 Å². The molecule has 4 heteroatoms. The van der Waals surface area contributed by atoms with Crippen molar-refractivity contribution in [2.45, 2.75) is 20.3 Å². The van der Waals surface area contributed by atoms with E-state index >= 15 is 0 Å². The number of aromatic hydroxyl groups is 1. The first-order valence-electron chi connectivity index (χ1n) is 6.16. The third kappa shape index (κ3) is 4.04. The second kappa shape index (κ2) is 7.01. The molecular weight excluding hydrogens is 230 g/mol. The lowest BCUT2D eigenvalue weighted by molar-refractivity contribution is -0.119. The highest BCUT2D eigenvalue weighted by Crippen LogP contribution is 2.21. The molecule has 100 valence electrons. The zero-order valence-corrected chi connectivity index (χ0v) is 11.2. The number of phenols is 1. The van der Waals surface area contributed by atoms with Gasteiger partial charge in [0.15, 0.2) is 0 Å². The molecule has 0 fully saturated rings. The Morgan fingerprint density at radius 2 is 2.22 bits per heavy atom. The molecule has 0 aliphatic rings. The van der Waals surface area contributed by atoms with E-state index in [-0.39, 0.29) is 17.6 Å². The molecular formula is C14H21NO3. The summed E-state index contributed by atoms with van der Waals surface area (Å²) in [5.41, 5.74) is 0.729. The van der Waals surface area contributed by atoms with Crippen LogP contribution in [-0.4, -0.2) is 31.3 Å². The van der Waals surface area contributed by atoms with Gasteiger partial charge in [-0.3, -0.25) is 4.79 Å². The van der Waals surface area contributed by atoms with Crippen LogP contribution in [0.25, 0.3) is 0 Å². The fourth-order valence-corrected chi connectivity index (χ4v) is 1.92. The molecule has 0 aromatic heterocycles. The first-order chi connectivity index (χ1) is 8.58. The molecule has 0 heterocycles. The van der Waals surface area contributed by atoms with Gasteiger partial charge in [-0.2, -0.15) is 0 Å². The molecule has 0 saturated heterocycles. The molecule has 1 N–H and O–H groups in total. The zero-order valence-electron chi connectivity index (χ0n) is 11.2. The number of amides is 1. The van der Waals surface area contributed by atoms with Crippen molar-refractivity contribution in [1.82, 2.24) is 0 Å². The number of carbonyl (C=O) groups excluding carboxylic acids is 1. The number of rotatable bonds is 6. The molecule has 1 rings (SSSR count). The van der Waals surface area contributed by atoms with Gasteiger partial charge in [0.1, 0.15) is 5.75 Å². The van der Waals surface area contributed by atoms with Crippen molar-refractivity contribution >= 4 is 11.6 Å². The van der Waals surface area contributed by atoms with Crippen LogP contribution < -0.4 is 4.90 Å². The average molecular weight is 251 g/mol. The Bertz CT molecular complexity index is 392. The van der Waals surface area contributed by atoms with Gasteiger partial charge in [0, 0.05) is 38.4 Å². The fraction of sp³-hybridized carbons (Fsp3) is 0.500. The average Bonchev–Trinajstić information content (AvgIpc) is 2.30. The van der Waals surface area contributed by atoms with E-state index in [2.05, 4.69) is 0 Å². The molecule has 0 spiro atoms. The number of benzene rings is 1. The zero-order chi connectivity index (χ0) is 13.5. The Morgan fingerprint density at radius 3 is 2.78 bits per heavy atom. The summed E-state index contributed by atoms with van der Waals surface area (Å²) in [5.74, 6) is 0.408. The highest BCUT2D eigenvalue weighted by molar-refractivity contribution is 5.93. The van der Waals surface area contributed by atoms with Crippen molar-refractivity contribution in [2.75, 3.05) is 25.2 Å². The predicted octanol–water partition coefficient (Wildman–Crippen LogP) is 2.42. The van der Waals surface area contributed by atoms with Gasteiger partial charge in [0.05, 0.1) is 0 Å². The Labute approximate surface area is 108 Å². The molecule has 0 radical (unpaired) electrons. The van der Waals surface area contributed by atoms with Crippen LogP contribution in [0.2, 0.25) is 0 Å². The molecule has 4 nitrogen and oxygen atoms in total. The van der Waals surface area contributed by atoms with E-state index in [0.29, 0.717) is 19.6 Å². The van der Waals surface area contributed by atoms with E-state index in [0.717, 1.165) is 5.69 Å². The van der Waals surface area contributed by atoms with Crippen molar-refractivity contribution < 1.29 is 14.6 Å². The number of methoxy groups -OCH3 is 1. The highest BCUT2D eigenvalue weighted by atomic mass is 16.5. The molecule has 1 aromatic carbocycles. The van der Waals surface area contributed by atoms with E-state index < -0.39 is 0 Å². The first-order valence-corrected chi connectivity index (χ1v) is 6.16. The van der Waals surface area contributed by atoms with Crippen molar-refractivity contribution in [3.63, 3.8) is 0 Å². The monoisotopic (exact) mass is 251 g/mol. The van der Waals surface area contributed by atoms with Crippen LogP contribution in [0.3, 0.4) is 0 Å². The van der Waals surface area contributed by atoms with Gasteiger partial charge < -0.3 is 14.7 Å². The largest absolute Gasteiger partial charge is 0.508 e. The summed E-state index contributed by atoms with van der Waals surface area (Å²) >= 11 is 0. The van der Waals surface area contributed by atoms with Gasteiger partial charge in [0.2, 0.25) is 5.91 Å². The maximum Gasteiger partial charge on any atom is 0.227 e. The number of nitrogens with zero attached hydrogens (tertiary/aromatic N) is 1. The van der Waals surface area contributed by atoms with Gasteiger partial charge in [-0.15, -0.1) is 0 Å². The lowest BCUT2D eigenvalue weighted by Gasteiger charge is -2.22. The van der Waals surface area contributed by atoms with Gasteiger partial charge in [-0.1, -0.05) is 13.0 Å². The SMILES string of the molecule is CCN(C(=O)CC(C)COC)c1cccc(O)c1. The molecule has 0 aliphatic heterocycles. The van der Waals surface area contributed by atoms with Crippen molar-refractivity contribution in [1.29, 1.82) is 0 Å². The van der Waals surface area contributed by atoms with Crippen LogP contribution in [0.1, 0.15) is 20.3 Å². The maximum atomic E-state index is 12.2. The molecule has 18 heavy (non-hydrogen) atoms. The standard InChI is InChI=1S/C14H21NO3/c1-4-15(12-6-5-7-13(16)9-12)14(17)8-11(2)10-18-3/h5-7,9,11,16H,4,8,10H2,1-3H3. The van der Waals surface area contributed by atoms with Crippen LogP contribution in [-0.2, 0) is 9.53 Å². The summed E-state index contributed by atoms with van der Waals surface area (Å²) in [4.78, 5) is 13.8.